The molecule has 6 nitrogen and oxygen atoms in total. The highest BCUT2D eigenvalue weighted by Crippen LogP contribution is 2.36. The van der Waals surface area contributed by atoms with Gasteiger partial charge in [0.25, 0.3) is 11.6 Å². The van der Waals surface area contributed by atoms with Gasteiger partial charge >= 0.3 is 0 Å². The zero-order valence-electron chi connectivity index (χ0n) is 15.8. The number of hydrogen-bond donors (Lipinski definition) is 1. The Labute approximate surface area is 171 Å². The molecule has 3 aromatic rings. The molecular weight excluding hydrogens is 395 g/mol. The molecule has 0 aliphatic heterocycles. The van der Waals surface area contributed by atoms with Crippen LogP contribution in [-0.2, 0) is 4.79 Å². The number of benzene rings is 2. The van der Waals surface area contributed by atoms with Crippen molar-refractivity contribution in [1.29, 1.82) is 0 Å². The van der Waals surface area contributed by atoms with Crippen molar-refractivity contribution in [3.05, 3.63) is 81.5 Å². The SMILES string of the molecule is C[C@H](NC(=O)[C@@H](C)Oc1ccc([N+](=O)[O-])cc1-c1cccs1)c1ccc(F)cc1. The first-order valence-corrected chi connectivity index (χ1v) is 9.78. The summed E-state index contributed by atoms with van der Waals surface area (Å²) in [7, 11) is 0. The summed E-state index contributed by atoms with van der Waals surface area (Å²) in [5.74, 6) is -0.310. The Kier molecular flexibility index (Phi) is 6.23. The van der Waals surface area contributed by atoms with E-state index in [9.17, 15) is 19.3 Å². The van der Waals surface area contributed by atoms with Crippen molar-refractivity contribution >= 4 is 22.9 Å². The summed E-state index contributed by atoms with van der Waals surface area (Å²) >= 11 is 1.42. The molecule has 0 radical (unpaired) electrons. The minimum absolute atomic E-state index is 0.0530. The minimum atomic E-state index is -0.835. The van der Waals surface area contributed by atoms with E-state index >= 15 is 0 Å². The third kappa shape index (κ3) is 4.97. The molecule has 0 aliphatic carbocycles. The molecule has 1 N–H and O–H groups in total. The van der Waals surface area contributed by atoms with Crippen LogP contribution in [0.2, 0.25) is 0 Å². The number of amides is 1. The van der Waals surface area contributed by atoms with Crippen LogP contribution in [-0.4, -0.2) is 16.9 Å². The van der Waals surface area contributed by atoms with E-state index in [1.54, 1.807) is 26.0 Å². The number of nitro benzene ring substituents is 1. The van der Waals surface area contributed by atoms with E-state index in [2.05, 4.69) is 5.32 Å². The van der Waals surface area contributed by atoms with E-state index < -0.39 is 11.0 Å². The molecule has 0 saturated carbocycles. The normalized spacial score (nSPS) is 12.8. The van der Waals surface area contributed by atoms with Crippen molar-refractivity contribution in [2.45, 2.75) is 26.0 Å². The summed E-state index contributed by atoms with van der Waals surface area (Å²) in [5, 5.41) is 15.8. The van der Waals surface area contributed by atoms with Crippen LogP contribution in [0.3, 0.4) is 0 Å². The van der Waals surface area contributed by atoms with Gasteiger partial charge in [0.05, 0.1) is 11.0 Å². The van der Waals surface area contributed by atoms with Gasteiger partial charge in [-0.2, -0.15) is 0 Å². The van der Waals surface area contributed by atoms with Gasteiger partial charge in [-0.15, -0.1) is 11.3 Å². The molecule has 29 heavy (non-hydrogen) atoms. The third-order valence-corrected chi connectivity index (χ3v) is 5.27. The molecule has 1 aromatic heterocycles. The third-order valence-electron chi connectivity index (χ3n) is 4.36. The molecule has 0 unspecified atom stereocenters. The number of hydrogen-bond acceptors (Lipinski definition) is 5. The Morgan fingerprint density at radius 1 is 1.17 bits per heavy atom. The van der Waals surface area contributed by atoms with Gasteiger partial charge in [-0.05, 0) is 49.1 Å². The number of nitro groups is 1. The fourth-order valence-electron chi connectivity index (χ4n) is 2.77. The van der Waals surface area contributed by atoms with Gasteiger partial charge in [-0.3, -0.25) is 14.9 Å². The first-order chi connectivity index (χ1) is 13.8. The Bertz CT molecular complexity index is 1010. The Hall–Kier alpha value is -3.26. The van der Waals surface area contributed by atoms with Gasteiger partial charge in [0.15, 0.2) is 6.10 Å². The number of carbonyl (C=O) groups is 1. The lowest BCUT2D eigenvalue weighted by atomic mass is 10.1. The second-order valence-electron chi connectivity index (χ2n) is 6.46. The molecule has 0 aliphatic rings. The van der Waals surface area contributed by atoms with Crippen LogP contribution in [0, 0.1) is 15.9 Å². The van der Waals surface area contributed by atoms with Crippen LogP contribution in [0.15, 0.2) is 60.0 Å². The quantitative estimate of drug-likeness (QED) is 0.430. The van der Waals surface area contributed by atoms with Crippen LogP contribution in [0.1, 0.15) is 25.5 Å². The fraction of sp³-hybridized carbons (Fsp3) is 0.190. The molecular formula is C21H19FN2O4S. The van der Waals surface area contributed by atoms with Gasteiger partial charge in [0, 0.05) is 22.6 Å². The highest BCUT2D eigenvalue weighted by molar-refractivity contribution is 7.13. The Balaban J connectivity index is 1.75. The summed E-state index contributed by atoms with van der Waals surface area (Å²) < 4.78 is 18.9. The summed E-state index contributed by atoms with van der Waals surface area (Å²) in [6.07, 6.45) is -0.835. The highest BCUT2D eigenvalue weighted by Gasteiger charge is 2.21. The number of halogens is 1. The van der Waals surface area contributed by atoms with E-state index in [-0.39, 0.29) is 23.5 Å². The minimum Gasteiger partial charge on any atom is -0.480 e. The number of carbonyl (C=O) groups excluding carboxylic acids is 1. The molecule has 2 aromatic carbocycles. The smallest absolute Gasteiger partial charge is 0.270 e. The van der Waals surface area contributed by atoms with E-state index in [0.29, 0.717) is 11.3 Å². The monoisotopic (exact) mass is 414 g/mol. The zero-order valence-corrected chi connectivity index (χ0v) is 16.6. The number of non-ortho nitro benzene ring substituents is 1. The zero-order chi connectivity index (χ0) is 21.0. The standard InChI is InChI=1S/C21H19FN2O4S/c1-13(15-5-7-16(22)8-6-15)23-21(25)14(2)28-19-10-9-17(24(26)27)12-18(19)20-4-3-11-29-20/h3-14H,1-2H3,(H,23,25)/t13-,14+/m0/s1. The van der Waals surface area contributed by atoms with Crippen molar-refractivity contribution in [2.75, 3.05) is 0 Å². The van der Waals surface area contributed by atoms with Gasteiger partial charge in [-0.25, -0.2) is 4.39 Å². The molecule has 1 heterocycles. The second kappa shape index (κ2) is 8.83. The largest absolute Gasteiger partial charge is 0.480 e. The Morgan fingerprint density at radius 3 is 2.52 bits per heavy atom. The first-order valence-electron chi connectivity index (χ1n) is 8.90. The molecule has 0 saturated heterocycles. The summed E-state index contributed by atoms with van der Waals surface area (Å²) in [6.45, 7) is 3.40. The van der Waals surface area contributed by atoms with Crippen LogP contribution in [0.25, 0.3) is 10.4 Å². The van der Waals surface area contributed by atoms with Crippen LogP contribution >= 0.6 is 11.3 Å². The molecule has 0 fully saturated rings. The topological polar surface area (TPSA) is 81.5 Å². The lowest BCUT2D eigenvalue weighted by Crippen LogP contribution is -2.37. The van der Waals surface area contributed by atoms with Gasteiger partial charge in [-0.1, -0.05) is 18.2 Å². The van der Waals surface area contributed by atoms with Crippen LogP contribution in [0.5, 0.6) is 5.75 Å². The second-order valence-corrected chi connectivity index (χ2v) is 7.40. The maximum atomic E-state index is 13.1. The van der Waals surface area contributed by atoms with Crippen molar-refractivity contribution in [2.24, 2.45) is 0 Å². The molecule has 150 valence electrons. The fourth-order valence-corrected chi connectivity index (χ4v) is 3.52. The number of nitrogens with one attached hydrogen (secondary N) is 1. The number of thiophene rings is 1. The van der Waals surface area contributed by atoms with E-state index in [1.165, 1.54) is 41.7 Å². The Morgan fingerprint density at radius 2 is 1.90 bits per heavy atom. The van der Waals surface area contributed by atoms with Crippen molar-refractivity contribution < 1.29 is 18.8 Å². The molecule has 3 rings (SSSR count). The number of nitrogens with zero attached hydrogens (tertiary/aromatic N) is 1. The average Bonchev–Trinajstić information content (AvgIpc) is 3.23. The number of rotatable bonds is 7. The molecule has 0 bridgehead atoms. The molecule has 0 spiro atoms. The summed E-state index contributed by atoms with van der Waals surface area (Å²) in [6, 6.07) is 13.5. The van der Waals surface area contributed by atoms with Crippen molar-refractivity contribution in [3.8, 4) is 16.2 Å². The van der Waals surface area contributed by atoms with Gasteiger partial charge in [0.1, 0.15) is 11.6 Å². The van der Waals surface area contributed by atoms with Crippen molar-refractivity contribution in [1.82, 2.24) is 5.32 Å². The van der Waals surface area contributed by atoms with E-state index in [4.69, 9.17) is 4.74 Å². The van der Waals surface area contributed by atoms with E-state index in [0.717, 1.165) is 10.4 Å². The van der Waals surface area contributed by atoms with Crippen LogP contribution in [0.4, 0.5) is 10.1 Å². The van der Waals surface area contributed by atoms with Gasteiger partial charge < -0.3 is 10.1 Å². The maximum Gasteiger partial charge on any atom is 0.270 e. The molecule has 2 atom stereocenters. The van der Waals surface area contributed by atoms with Crippen molar-refractivity contribution in [3.63, 3.8) is 0 Å². The highest BCUT2D eigenvalue weighted by atomic mass is 32.1. The summed E-state index contributed by atoms with van der Waals surface area (Å²) in [5.41, 5.74) is 1.27. The molecule has 1 amide bonds. The first kappa shape index (κ1) is 20.5. The molecule has 8 heteroatoms. The van der Waals surface area contributed by atoms with E-state index in [1.807, 2.05) is 17.5 Å². The lowest BCUT2D eigenvalue weighted by Gasteiger charge is -2.20. The van der Waals surface area contributed by atoms with Crippen LogP contribution < -0.4 is 10.1 Å². The average molecular weight is 414 g/mol. The summed E-state index contributed by atoms with van der Waals surface area (Å²) in [4.78, 5) is 24.0. The predicted octanol–water partition coefficient (Wildman–Crippen LogP) is 5.11. The predicted molar refractivity (Wildman–Crippen MR) is 109 cm³/mol. The lowest BCUT2D eigenvalue weighted by molar-refractivity contribution is -0.384. The number of ether oxygens (including phenoxy) is 1. The van der Waals surface area contributed by atoms with Gasteiger partial charge in [0.2, 0.25) is 0 Å². The maximum absolute atomic E-state index is 13.1.